The Kier molecular flexibility index (Phi) is 5.18. The molecule has 1 aliphatic rings. The molecule has 0 bridgehead atoms. The van der Waals surface area contributed by atoms with Crippen molar-refractivity contribution in [1.29, 1.82) is 0 Å². The first-order chi connectivity index (χ1) is 11.3. The minimum atomic E-state index is -0.243. The molecule has 120 valence electrons. The number of hydrogen-bond donors (Lipinski definition) is 0. The molecule has 1 atom stereocenters. The van der Waals surface area contributed by atoms with Crippen LogP contribution in [0.15, 0.2) is 53.7 Å². The summed E-state index contributed by atoms with van der Waals surface area (Å²) >= 11 is 1.62. The Morgan fingerprint density at radius 3 is 2.91 bits per heavy atom. The molecule has 0 unspecified atom stereocenters. The van der Waals surface area contributed by atoms with E-state index in [4.69, 9.17) is 4.74 Å². The molecule has 2 heterocycles. The summed E-state index contributed by atoms with van der Waals surface area (Å²) in [6, 6.07) is 13.8. The summed E-state index contributed by atoms with van der Waals surface area (Å²) in [6.07, 6.45) is 5.52. The molecule has 23 heavy (non-hydrogen) atoms. The Bertz CT molecular complexity index is 663. The van der Waals surface area contributed by atoms with Gasteiger partial charge in [-0.2, -0.15) is 0 Å². The Balaban J connectivity index is 1.70. The van der Waals surface area contributed by atoms with Gasteiger partial charge >= 0.3 is 6.09 Å². The molecule has 1 amide bonds. The molecule has 0 aliphatic carbocycles. The summed E-state index contributed by atoms with van der Waals surface area (Å²) in [5.41, 5.74) is 2.12. The molecule has 0 spiro atoms. The molecule has 0 N–H and O–H groups in total. The second-order valence-corrected chi connectivity index (χ2v) is 6.29. The predicted octanol–water partition coefficient (Wildman–Crippen LogP) is 4.28. The zero-order valence-electron chi connectivity index (χ0n) is 13.1. The lowest BCUT2D eigenvalue weighted by Crippen LogP contribution is -2.31. The maximum atomic E-state index is 12.5. The van der Waals surface area contributed by atoms with E-state index in [1.807, 2.05) is 47.6 Å². The van der Waals surface area contributed by atoms with Crippen LogP contribution in [0.4, 0.5) is 4.79 Å². The van der Waals surface area contributed by atoms with E-state index < -0.39 is 0 Å². The first-order valence-electron chi connectivity index (χ1n) is 7.76. The van der Waals surface area contributed by atoms with Gasteiger partial charge in [-0.1, -0.05) is 36.4 Å². The Morgan fingerprint density at radius 1 is 1.30 bits per heavy atom. The zero-order chi connectivity index (χ0) is 16.1. The topological polar surface area (TPSA) is 42.4 Å². The highest BCUT2D eigenvalue weighted by molar-refractivity contribution is 7.98. The van der Waals surface area contributed by atoms with Crippen molar-refractivity contribution in [3.8, 4) is 0 Å². The van der Waals surface area contributed by atoms with Crippen molar-refractivity contribution >= 4 is 17.9 Å². The molecule has 1 aromatic carbocycles. The van der Waals surface area contributed by atoms with E-state index in [9.17, 15) is 4.79 Å². The number of aromatic nitrogens is 1. The average Bonchev–Trinajstić information content (AvgIpc) is 3.10. The van der Waals surface area contributed by atoms with E-state index in [2.05, 4.69) is 11.1 Å². The summed E-state index contributed by atoms with van der Waals surface area (Å²) in [7, 11) is 0. The molecule has 0 radical (unpaired) electrons. The highest BCUT2D eigenvalue weighted by atomic mass is 32.2. The quantitative estimate of drug-likeness (QED) is 0.786. The summed E-state index contributed by atoms with van der Waals surface area (Å²) in [4.78, 5) is 18.7. The number of carbonyl (C=O) groups is 1. The monoisotopic (exact) mass is 328 g/mol. The normalized spacial score (nSPS) is 17.3. The average molecular weight is 328 g/mol. The van der Waals surface area contributed by atoms with Crippen LogP contribution in [0.5, 0.6) is 0 Å². The van der Waals surface area contributed by atoms with Gasteiger partial charge in [-0.3, -0.25) is 0 Å². The number of amides is 1. The lowest BCUT2D eigenvalue weighted by atomic mass is 10.1. The molecule has 1 aliphatic heterocycles. The fraction of sp³-hybridized carbons (Fsp3) is 0.333. The maximum Gasteiger partial charge on any atom is 0.410 e. The van der Waals surface area contributed by atoms with Gasteiger partial charge in [0.05, 0.1) is 6.04 Å². The third-order valence-corrected chi connectivity index (χ3v) is 4.77. The van der Waals surface area contributed by atoms with Crippen LogP contribution in [0, 0.1) is 0 Å². The highest BCUT2D eigenvalue weighted by Gasteiger charge is 2.32. The second-order valence-electron chi connectivity index (χ2n) is 5.49. The van der Waals surface area contributed by atoms with E-state index in [0.717, 1.165) is 35.5 Å². The van der Waals surface area contributed by atoms with Crippen LogP contribution in [0.3, 0.4) is 0 Å². The van der Waals surface area contributed by atoms with Crippen LogP contribution >= 0.6 is 11.8 Å². The molecule has 5 heteroatoms. The van der Waals surface area contributed by atoms with Gasteiger partial charge in [-0.15, -0.1) is 11.8 Å². The fourth-order valence-electron chi connectivity index (χ4n) is 2.94. The lowest BCUT2D eigenvalue weighted by molar-refractivity contribution is 0.0916. The van der Waals surface area contributed by atoms with Gasteiger partial charge < -0.3 is 9.64 Å². The van der Waals surface area contributed by atoms with Gasteiger partial charge in [0, 0.05) is 18.3 Å². The SMILES string of the molecule is CSc1ncccc1[C@@H]1CCCN1C(=O)OCc1ccccc1. The molecule has 3 rings (SSSR count). The number of likely N-dealkylation sites (tertiary alicyclic amines) is 1. The Labute approximate surface area is 140 Å². The van der Waals surface area contributed by atoms with Gasteiger partial charge in [-0.05, 0) is 30.7 Å². The van der Waals surface area contributed by atoms with E-state index in [0.29, 0.717) is 6.61 Å². The van der Waals surface area contributed by atoms with Crippen LogP contribution in [0.25, 0.3) is 0 Å². The number of nitrogens with zero attached hydrogens (tertiary/aromatic N) is 2. The van der Waals surface area contributed by atoms with E-state index >= 15 is 0 Å². The minimum absolute atomic E-state index is 0.0643. The van der Waals surface area contributed by atoms with Crippen molar-refractivity contribution in [3.63, 3.8) is 0 Å². The molecule has 1 fully saturated rings. The van der Waals surface area contributed by atoms with Crippen molar-refractivity contribution < 1.29 is 9.53 Å². The van der Waals surface area contributed by atoms with Crippen molar-refractivity contribution in [2.24, 2.45) is 0 Å². The number of hydrogen-bond acceptors (Lipinski definition) is 4. The number of rotatable bonds is 4. The molecule has 4 nitrogen and oxygen atoms in total. The van der Waals surface area contributed by atoms with Crippen LogP contribution in [0.1, 0.15) is 30.0 Å². The largest absolute Gasteiger partial charge is 0.445 e. The van der Waals surface area contributed by atoms with E-state index in [-0.39, 0.29) is 12.1 Å². The molecular formula is C18H20N2O2S. The summed E-state index contributed by atoms with van der Waals surface area (Å²) in [5, 5.41) is 0.986. The van der Waals surface area contributed by atoms with Gasteiger partial charge in [0.15, 0.2) is 0 Å². The van der Waals surface area contributed by atoms with Crippen LogP contribution in [-0.2, 0) is 11.3 Å². The van der Waals surface area contributed by atoms with Crippen molar-refractivity contribution in [2.75, 3.05) is 12.8 Å². The predicted molar refractivity (Wildman–Crippen MR) is 91.3 cm³/mol. The number of benzene rings is 1. The summed E-state index contributed by atoms with van der Waals surface area (Å²) < 4.78 is 5.50. The van der Waals surface area contributed by atoms with Gasteiger partial charge in [-0.25, -0.2) is 9.78 Å². The van der Waals surface area contributed by atoms with Crippen molar-refractivity contribution in [3.05, 3.63) is 59.8 Å². The molecular weight excluding hydrogens is 308 g/mol. The number of thioether (sulfide) groups is 1. The maximum absolute atomic E-state index is 12.5. The Morgan fingerprint density at radius 2 is 2.13 bits per heavy atom. The van der Waals surface area contributed by atoms with E-state index in [1.165, 1.54) is 0 Å². The molecule has 1 aromatic heterocycles. The van der Waals surface area contributed by atoms with Crippen molar-refractivity contribution in [2.45, 2.75) is 30.5 Å². The molecule has 2 aromatic rings. The van der Waals surface area contributed by atoms with Gasteiger partial charge in [0.25, 0.3) is 0 Å². The standard InChI is InChI=1S/C18H20N2O2S/c1-23-17-15(9-5-11-19-17)16-10-6-12-20(16)18(21)22-13-14-7-3-2-4-8-14/h2-5,7-9,11,16H,6,10,12-13H2,1H3/t16-/m0/s1. The first kappa shape index (κ1) is 15.9. The summed E-state index contributed by atoms with van der Waals surface area (Å²) in [5.74, 6) is 0. The minimum Gasteiger partial charge on any atom is -0.445 e. The third kappa shape index (κ3) is 3.67. The van der Waals surface area contributed by atoms with Gasteiger partial charge in [0.2, 0.25) is 0 Å². The third-order valence-electron chi connectivity index (χ3n) is 4.05. The van der Waals surface area contributed by atoms with Crippen LogP contribution < -0.4 is 0 Å². The first-order valence-corrected chi connectivity index (χ1v) is 8.98. The number of carbonyl (C=O) groups excluding carboxylic acids is 1. The smallest absolute Gasteiger partial charge is 0.410 e. The number of ether oxygens (including phenoxy) is 1. The van der Waals surface area contributed by atoms with Gasteiger partial charge in [0.1, 0.15) is 11.6 Å². The molecule has 1 saturated heterocycles. The fourth-order valence-corrected chi connectivity index (χ4v) is 3.54. The zero-order valence-corrected chi connectivity index (χ0v) is 14.0. The lowest BCUT2D eigenvalue weighted by Gasteiger charge is -2.25. The number of pyridine rings is 1. The Hall–Kier alpha value is -2.01. The van der Waals surface area contributed by atoms with Crippen LogP contribution in [-0.4, -0.2) is 28.8 Å². The van der Waals surface area contributed by atoms with Crippen LogP contribution in [0.2, 0.25) is 0 Å². The van der Waals surface area contributed by atoms with Crippen molar-refractivity contribution in [1.82, 2.24) is 9.88 Å². The second kappa shape index (κ2) is 7.51. The molecule has 0 saturated carbocycles. The summed E-state index contributed by atoms with van der Waals surface area (Å²) in [6.45, 7) is 1.05. The highest BCUT2D eigenvalue weighted by Crippen LogP contribution is 2.36. The van der Waals surface area contributed by atoms with E-state index in [1.54, 1.807) is 18.0 Å².